The topological polar surface area (TPSA) is 68.3 Å². The van der Waals surface area contributed by atoms with Crippen molar-refractivity contribution in [2.75, 3.05) is 7.11 Å². The maximum atomic E-state index is 11.9. The predicted octanol–water partition coefficient (Wildman–Crippen LogP) is 2.48. The molecule has 2 rings (SSSR count). The first-order chi connectivity index (χ1) is 10.1. The molecule has 0 aliphatic rings. The van der Waals surface area contributed by atoms with Gasteiger partial charge in [-0.3, -0.25) is 9.59 Å². The van der Waals surface area contributed by atoms with Gasteiger partial charge in [-0.1, -0.05) is 6.07 Å². The van der Waals surface area contributed by atoms with Gasteiger partial charge < -0.3 is 10.1 Å². The van der Waals surface area contributed by atoms with Crippen molar-refractivity contribution in [2.45, 2.75) is 25.8 Å². The fourth-order valence-corrected chi connectivity index (χ4v) is 3.41. The van der Waals surface area contributed by atoms with Gasteiger partial charge in [-0.05, 0) is 18.4 Å². The largest absolute Gasteiger partial charge is 0.469 e. The lowest BCUT2D eigenvalue weighted by atomic mass is 10.2. The number of nitrogens with one attached hydrogen (secondary N) is 1. The monoisotopic (exact) mass is 324 g/mol. The van der Waals surface area contributed by atoms with Gasteiger partial charge >= 0.3 is 5.97 Å². The molecule has 1 N–H and O–H groups in total. The van der Waals surface area contributed by atoms with Gasteiger partial charge in [0.2, 0.25) is 5.91 Å². The van der Waals surface area contributed by atoms with Gasteiger partial charge in [-0.2, -0.15) is 0 Å². The van der Waals surface area contributed by atoms with E-state index in [0.717, 1.165) is 15.6 Å². The fourth-order valence-electron chi connectivity index (χ4n) is 1.78. The van der Waals surface area contributed by atoms with E-state index in [2.05, 4.69) is 15.0 Å². The Morgan fingerprint density at radius 3 is 2.90 bits per heavy atom. The van der Waals surface area contributed by atoms with E-state index < -0.39 is 0 Å². The summed E-state index contributed by atoms with van der Waals surface area (Å²) < 4.78 is 4.57. The zero-order valence-corrected chi connectivity index (χ0v) is 13.4. The average molecular weight is 324 g/mol. The first kappa shape index (κ1) is 15.7. The number of ether oxygens (including phenoxy) is 1. The number of nitrogens with zero attached hydrogens (tertiary/aromatic N) is 1. The van der Waals surface area contributed by atoms with Crippen LogP contribution in [-0.4, -0.2) is 30.0 Å². The number of amides is 1. The molecule has 0 aromatic carbocycles. The molecule has 0 aliphatic heterocycles. The van der Waals surface area contributed by atoms with E-state index in [-0.39, 0.29) is 30.8 Å². The van der Waals surface area contributed by atoms with Crippen molar-refractivity contribution in [1.82, 2.24) is 10.3 Å². The number of thiophene rings is 1. The van der Waals surface area contributed by atoms with Crippen molar-refractivity contribution in [3.8, 4) is 9.88 Å². The number of carbonyl (C=O) groups is 2. The first-order valence-electron chi connectivity index (χ1n) is 6.43. The Kier molecular flexibility index (Phi) is 5.46. The molecular formula is C14H16N2O3S2. The van der Waals surface area contributed by atoms with Crippen LogP contribution in [0, 0.1) is 0 Å². The lowest BCUT2D eigenvalue weighted by Crippen LogP contribution is -2.35. The van der Waals surface area contributed by atoms with Gasteiger partial charge in [0.05, 0.1) is 30.5 Å². The number of hydrogen-bond acceptors (Lipinski definition) is 6. The number of aromatic nitrogens is 1. The molecule has 5 nitrogen and oxygen atoms in total. The van der Waals surface area contributed by atoms with Gasteiger partial charge in [-0.25, -0.2) is 4.98 Å². The molecule has 0 aliphatic carbocycles. The summed E-state index contributed by atoms with van der Waals surface area (Å²) in [7, 11) is 1.33. The Morgan fingerprint density at radius 1 is 1.43 bits per heavy atom. The van der Waals surface area contributed by atoms with E-state index in [9.17, 15) is 9.59 Å². The number of carbonyl (C=O) groups excluding carboxylic acids is 2. The van der Waals surface area contributed by atoms with Gasteiger partial charge in [0.1, 0.15) is 5.01 Å². The molecule has 0 spiro atoms. The number of hydrogen-bond donors (Lipinski definition) is 1. The standard InChI is InChI=1S/C14H16N2O3S2/c1-9(6-13(18)19-2)15-12(17)7-10-8-21-14(16-10)11-4-3-5-20-11/h3-5,8-9H,6-7H2,1-2H3,(H,15,17). The SMILES string of the molecule is COC(=O)CC(C)NC(=O)Cc1csc(-c2cccs2)n1. The lowest BCUT2D eigenvalue weighted by Gasteiger charge is -2.11. The summed E-state index contributed by atoms with van der Waals surface area (Å²) in [5.74, 6) is -0.481. The summed E-state index contributed by atoms with van der Waals surface area (Å²) in [4.78, 5) is 28.6. The molecule has 112 valence electrons. The van der Waals surface area contributed by atoms with E-state index in [1.807, 2.05) is 22.9 Å². The molecule has 0 saturated heterocycles. The van der Waals surface area contributed by atoms with Crippen LogP contribution in [0.2, 0.25) is 0 Å². The third-order valence-electron chi connectivity index (χ3n) is 2.73. The molecule has 1 amide bonds. The molecule has 2 heterocycles. The molecule has 1 unspecified atom stereocenters. The zero-order valence-electron chi connectivity index (χ0n) is 11.8. The molecule has 1 atom stereocenters. The molecule has 0 saturated carbocycles. The number of esters is 1. The van der Waals surface area contributed by atoms with Crippen LogP contribution in [0.3, 0.4) is 0 Å². The highest BCUT2D eigenvalue weighted by Gasteiger charge is 2.14. The predicted molar refractivity (Wildman–Crippen MR) is 83.4 cm³/mol. The third kappa shape index (κ3) is 4.64. The highest BCUT2D eigenvalue weighted by Crippen LogP contribution is 2.27. The Balaban J connectivity index is 1.87. The fraction of sp³-hybridized carbons (Fsp3) is 0.357. The summed E-state index contributed by atoms with van der Waals surface area (Å²) in [5.41, 5.74) is 0.742. The van der Waals surface area contributed by atoms with Crippen LogP contribution < -0.4 is 5.32 Å². The average Bonchev–Trinajstić information content (AvgIpc) is 3.08. The quantitative estimate of drug-likeness (QED) is 0.829. The summed E-state index contributed by atoms with van der Waals surface area (Å²) >= 11 is 3.15. The van der Waals surface area contributed by atoms with Crippen LogP contribution in [0.5, 0.6) is 0 Å². The minimum atomic E-state index is -0.337. The van der Waals surface area contributed by atoms with E-state index in [1.54, 1.807) is 18.3 Å². The van der Waals surface area contributed by atoms with E-state index >= 15 is 0 Å². The molecule has 21 heavy (non-hydrogen) atoms. The molecule has 2 aromatic rings. The summed E-state index contributed by atoms with van der Waals surface area (Å²) in [5, 5.41) is 7.58. The smallest absolute Gasteiger partial charge is 0.307 e. The second kappa shape index (κ2) is 7.33. The number of methoxy groups -OCH3 is 1. The van der Waals surface area contributed by atoms with Crippen molar-refractivity contribution in [1.29, 1.82) is 0 Å². The highest BCUT2D eigenvalue weighted by molar-refractivity contribution is 7.20. The van der Waals surface area contributed by atoms with Crippen molar-refractivity contribution < 1.29 is 14.3 Å². The van der Waals surface area contributed by atoms with E-state index in [0.29, 0.717) is 0 Å². The maximum Gasteiger partial charge on any atom is 0.307 e. The molecule has 7 heteroatoms. The Morgan fingerprint density at radius 2 is 2.24 bits per heavy atom. The molecule has 0 fully saturated rings. The number of thiazole rings is 1. The highest BCUT2D eigenvalue weighted by atomic mass is 32.1. The Hall–Kier alpha value is -1.73. The molecule has 2 aromatic heterocycles. The van der Waals surface area contributed by atoms with Crippen LogP contribution in [0.15, 0.2) is 22.9 Å². The summed E-state index contributed by atoms with van der Waals surface area (Å²) in [6, 6.07) is 3.73. The maximum absolute atomic E-state index is 11.9. The second-order valence-corrected chi connectivity index (χ2v) is 6.35. The van der Waals surface area contributed by atoms with Crippen molar-refractivity contribution in [3.63, 3.8) is 0 Å². The van der Waals surface area contributed by atoms with Crippen LogP contribution >= 0.6 is 22.7 Å². The molecule has 0 radical (unpaired) electrons. The first-order valence-corrected chi connectivity index (χ1v) is 8.19. The minimum Gasteiger partial charge on any atom is -0.469 e. The zero-order chi connectivity index (χ0) is 15.2. The third-order valence-corrected chi connectivity index (χ3v) is 4.66. The summed E-state index contributed by atoms with van der Waals surface area (Å²) in [6.45, 7) is 1.77. The van der Waals surface area contributed by atoms with E-state index in [4.69, 9.17) is 0 Å². The van der Waals surface area contributed by atoms with Gasteiger partial charge in [0, 0.05) is 11.4 Å². The van der Waals surface area contributed by atoms with Crippen LogP contribution in [0.4, 0.5) is 0 Å². The normalized spacial score (nSPS) is 11.9. The molecule has 0 bridgehead atoms. The van der Waals surface area contributed by atoms with Crippen LogP contribution in [-0.2, 0) is 20.7 Å². The van der Waals surface area contributed by atoms with E-state index in [1.165, 1.54) is 18.4 Å². The van der Waals surface area contributed by atoms with Crippen molar-refractivity contribution in [3.05, 3.63) is 28.6 Å². The lowest BCUT2D eigenvalue weighted by molar-refractivity contribution is -0.141. The van der Waals surface area contributed by atoms with Crippen LogP contribution in [0.1, 0.15) is 19.0 Å². The number of rotatable bonds is 6. The Labute approximate surface area is 131 Å². The Bertz CT molecular complexity index is 608. The minimum absolute atomic E-state index is 0.144. The van der Waals surface area contributed by atoms with Crippen molar-refractivity contribution in [2.24, 2.45) is 0 Å². The molecular weight excluding hydrogens is 308 g/mol. The van der Waals surface area contributed by atoms with Gasteiger partial charge in [0.15, 0.2) is 0 Å². The second-order valence-electron chi connectivity index (χ2n) is 4.55. The van der Waals surface area contributed by atoms with Gasteiger partial charge in [0.25, 0.3) is 0 Å². The van der Waals surface area contributed by atoms with Crippen molar-refractivity contribution >= 4 is 34.6 Å². The summed E-state index contributed by atoms with van der Waals surface area (Å²) in [6.07, 6.45) is 0.382. The van der Waals surface area contributed by atoms with Crippen LogP contribution in [0.25, 0.3) is 9.88 Å². The van der Waals surface area contributed by atoms with Gasteiger partial charge in [-0.15, -0.1) is 22.7 Å².